The second-order valence-electron chi connectivity index (χ2n) is 8.02. The zero-order valence-corrected chi connectivity index (χ0v) is 15.8. The first-order valence-corrected chi connectivity index (χ1v) is 8.31. The van der Waals surface area contributed by atoms with Gasteiger partial charge in [-0.3, -0.25) is 0 Å². The number of hydrogen-bond acceptors (Lipinski definition) is 4. The van der Waals surface area contributed by atoms with Crippen LogP contribution in [0.1, 0.15) is 54.4 Å². The molecule has 1 aromatic rings. The van der Waals surface area contributed by atoms with Crippen molar-refractivity contribution >= 4 is 23.4 Å². The monoisotopic (exact) mass is 336 g/mol. The molecule has 0 bridgehead atoms. The number of aromatic nitrogens is 2. The highest BCUT2D eigenvalue weighted by molar-refractivity contribution is 6.29. The van der Waals surface area contributed by atoms with Gasteiger partial charge in [0.25, 0.3) is 0 Å². The normalized spacial score (nSPS) is 13.0. The first kappa shape index (κ1) is 19.5. The van der Waals surface area contributed by atoms with Crippen molar-refractivity contribution in [3.8, 4) is 0 Å². The minimum atomic E-state index is 0.262. The van der Waals surface area contributed by atoms with Gasteiger partial charge in [-0.1, -0.05) is 65.3 Å². The van der Waals surface area contributed by atoms with Crippen molar-refractivity contribution in [1.29, 1.82) is 0 Å². The summed E-state index contributed by atoms with van der Waals surface area (Å²) < 4.78 is 0. The van der Waals surface area contributed by atoms with Crippen LogP contribution in [0.15, 0.2) is 30.6 Å². The lowest BCUT2D eigenvalue weighted by atomic mass is 9.92. The van der Waals surface area contributed by atoms with E-state index in [-0.39, 0.29) is 10.8 Å². The Morgan fingerprint density at radius 2 is 1.43 bits per heavy atom. The summed E-state index contributed by atoms with van der Waals surface area (Å²) in [5, 5.41) is 6.60. The second kappa shape index (κ2) is 8.34. The van der Waals surface area contributed by atoms with E-state index in [2.05, 4.69) is 74.3 Å². The molecule has 0 aliphatic heterocycles. The van der Waals surface area contributed by atoms with Gasteiger partial charge in [-0.25, -0.2) is 4.98 Å². The largest absolute Gasteiger partial charge is 0.347 e. The van der Waals surface area contributed by atoms with Crippen LogP contribution < -0.4 is 10.6 Å². The standard InChI is InChI=1S/C18H29ClN4/c1-17(2,3)9-7-11-20-15-13-14(19)22-16(23-15)21-12-8-10-18(4,5)6/h7-8,11-13H,9-10H2,1-6H3,(H2,20,21,22,23). The van der Waals surface area contributed by atoms with E-state index in [0.717, 1.165) is 12.8 Å². The van der Waals surface area contributed by atoms with Crippen LogP contribution in [0.3, 0.4) is 0 Å². The number of rotatable bonds is 6. The topological polar surface area (TPSA) is 49.8 Å². The molecule has 0 spiro atoms. The predicted molar refractivity (Wildman–Crippen MR) is 101 cm³/mol. The molecule has 0 unspecified atom stereocenters. The Balaban J connectivity index is 2.61. The molecular formula is C18H29ClN4. The van der Waals surface area contributed by atoms with Gasteiger partial charge in [0.15, 0.2) is 0 Å². The van der Waals surface area contributed by atoms with Gasteiger partial charge in [-0.05, 0) is 36.1 Å². The van der Waals surface area contributed by atoms with Crippen molar-refractivity contribution in [2.24, 2.45) is 10.8 Å². The number of nitrogens with zero attached hydrogens (tertiary/aromatic N) is 2. The highest BCUT2D eigenvalue weighted by atomic mass is 35.5. The molecule has 0 saturated carbocycles. The Kier molecular flexibility index (Phi) is 7.07. The summed E-state index contributed by atoms with van der Waals surface area (Å²) in [4.78, 5) is 8.54. The van der Waals surface area contributed by atoms with Gasteiger partial charge < -0.3 is 10.6 Å². The van der Waals surface area contributed by atoms with Gasteiger partial charge in [-0.15, -0.1) is 0 Å². The molecule has 1 aromatic heterocycles. The van der Waals surface area contributed by atoms with Gasteiger partial charge in [0.2, 0.25) is 5.95 Å². The van der Waals surface area contributed by atoms with Gasteiger partial charge in [0.05, 0.1) is 0 Å². The van der Waals surface area contributed by atoms with Crippen molar-refractivity contribution in [3.63, 3.8) is 0 Å². The average Bonchev–Trinajstić information content (AvgIpc) is 2.37. The lowest BCUT2D eigenvalue weighted by molar-refractivity contribution is 0.420. The molecule has 4 nitrogen and oxygen atoms in total. The first-order chi connectivity index (χ1) is 10.6. The van der Waals surface area contributed by atoms with Crippen molar-refractivity contribution in [2.45, 2.75) is 54.4 Å². The third-order valence-corrected chi connectivity index (χ3v) is 3.03. The molecule has 1 rings (SSSR count). The molecule has 0 amide bonds. The summed E-state index contributed by atoms with van der Waals surface area (Å²) in [5.74, 6) is 1.15. The van der Waals surface area contributed by atoms with Gasteiger partial charge >= 0.3 is 0 Å². The van der Waals surface area contributed by atoms with E-state index in [1.165, 1.54) is 0 Å². The van der Waals surface area contributed by atoms with E-state index in [1.54, 1.807) is 6.07 Å². The Hall–Kier alpha value is -1.55. The fraction of sp³-hybridized carbons (Fsp3) is 0.556. The van der Waals surface area contributed by atoms with E-state index in [1.807, 2.05) is 12.4 Å². The summed E-state index contributed by atoms with van der Waals surface area (Å²) in [6.07, 6.45) is 9.87. The first-order valence-electron chi connectivity index (χ1n) is 7.93. The quantitative estimate of drug-likeness (QED) is 0.639. The summed E-state index contributed by atoms with van der Waals surface area (Å²) in [6, 6.07) is 1.70. The fourth-order valence-corrected chi connectivity index (χ4v) is 1.84. The molecule has 1 heterocycles. The van der Waals surface area contributed by atoms with Crippen molar-refractivity contribution in [1.82, 2.24) is 9.97 Å². The Morgan fingerprint density at radius 1 is 0.913 bits per heavy atom. The zero-order valence-electron chi connectivity index (χ0n) is 15.1. The second-order valence-corrected chi connectivity index (χ2v) is 8.41. The van der Waals surface area contributed by atoms with Crippen LogP contribution in [0.25, 0.3) is 0 Å². The third kappa shape index (κ3) is 9.95. The molecule has 0 aromatic carbocycles. The Morgan fingerprint density at radius 3 is 1.96 bits per heavy atom. The third-order valence-electron chi connectivity index (χ3n) is 2.83. The van der Waals surface area contributed by atoms with E-state index in [9.17, 15) is 0 Å². The summed E-state index contributed by atoms with van der Waals surface area (Å²) >= 11 is 6.04. The van der Waals surface area contributed by atoms with Crippen molar-refractivity contribution in [2.75, 3.05) is 10.6 Å². The van der Waals surface area contributed by atoms with E-state index < -0.39 is 0 Å². The number of anilines is 2. The zero-order chi connectivity index (χ0) is 17.5. The predicted octanol–water partition coefficient (Wildman–Crippen LogP) is 5.85. The molecule has 0 atom stereocenters. The summed E-state index contributed by atoms with van der Waals surface area (Å²) in [7, 11) is 0. The maximum atomic E-state index is 6.04. The maximum Gasteiger partial charge on any atom is 0.230 e. The van der Waals surface area contributed by atoms with Crippen LogP contribution in [-0.4, -0.2) is 9.97 Å². The SMILES string of the molecule is CC(C)(C)CC=CNc1cc(Cl)nc(NC=CCC(C)(C)C)n1. The van der Waals surface area contributed by atoms with Crippen LogP contribution in [0.2, 0.25) is 5.15 Å². The highest BCUT2D eigenvalue weighted by Crippen LogP contribution is 2.20. The Labute approximate surface area is 145 Å². The van der Waals surface area contributed by atoms with E-state index in [4.69, 9.17) is 11.6 Å². The summed E-state index contributed by atoms with van der Waals surface area (Å²) in [5.41, 5.74) is 0.532. The van der Waals surface area contributed by atoms with E-state index in [0.29, 0.717) is 16.9 Å². The van der Waals surface area contributed by atoms with Crippen LogP contribution in [0, 0.1) is 10.8 Å². The molecule has 5 heteroatoms. The number of nitrogens with one attached hydrogen (secondary N) is 2. The molecule has 0 saturated heterocycles. The molecule has 23 heavy (non-hydrogen) atoms. The number of allylic oxidation sites excluding steroid dienone is 2. The molecule has 0 aliphatic rings. The van der Waals surface area contributed by atoms with Crippen LogP contribution in [0.4, 0.5) is 11.8 Å². The minimum Gasteiger partial charge on any atom is -0.347 e. The van der Waals surface area contributed by atoms with E-state index >= 15 is 0 Å². The Bertz CT molecular complexity index is 505. The van der Waals surface area contributed by atoms with Crippen molar-refractivity contribution in [3.05, 3.63) is 35.8 Å². The fourth-order valence-electron chi connectivity index (χ4n) is 1.66. The molecule has 0 aliphatic carbocycles. The number of halogens is 1. The lowest BCUT2D eigenvalue weighted by Gasteiger charge is -2.14. The molecule has 0 fully saturated rings. The number of hydrogen-bond donors (Lipinski definition) is 2. The maximum absolute atomic E-state index is 6.04. The molecule has 0 radical (unpaired) electrons. The summed E-state index contributed by atoms with van der Waals surface area (Å²) in [6.45, 7) is 13.2. The van der Waals surface area contributed by atoms with Crippen LogP contribution in [0.5, 0.6) is 0 Å². The molecule has 2 N–H and O–H groups in total. The van der Waals surface area contributed by atoms with Crippen molar-refractivity contribution < 1.29 is 0 Å². The van der Waals surface area contributed by atoms with Crippen LogP contribution in [-0.2, 0) is 0 Å². The minimum absolute atomic E-state index is 0.262. The van der Waals surface area contributed by atoms with Crippen LogP contribution >= 0.6 is 11.6 Å². The molecule has 128 valence electrons. The lowest BCUT2D eigenvalue weighted by Crippen LogP contribution is -2.04. The molecular weight excluding hydrogens is 308 g/mol. The van der Waals surface area contributed by atoms with Gasteiger partial charge in [0.1, 0.15) is 11.0 Å². The van der Waals surface area contributed by atoms with Gasteiger partial charge in [-0.2, -0.15) is 4.98 Å². The average molecular weight is 337 g/mol. The smallest absolute Gasteiger partial charge is 0.230 e. The van der Waals surface area contributed by atoms with Gasteiger partial charge in [0, 0.05) is 6.07 Å². The highest BCUT2D eigenvalue weighted by Gasteiger charge is 2.07.